The number of amides is 1. The summed E-state index contributed by atoms with van der Waals surface area (Å²) in [6.07, 6.45) is 4.84. The Bertz CT molecular complexity index is 819. The van der Waals surface area contributed by atoms with Crippen molar-refractivity contribution < 1.29 is 18.7 Å². The van der Waals surface area contributed by atoms with Crippen molar-refractivity contribution in [3.05, 3.63) is 65.0 Å². The van der Waals surface area contributed by atoms with Gasteiger partial charge in [0.25, 0.3) is 0 Å². The van der Waals surface area contributed by atoms with Crippen molar-refractivity contribution in [3.8, 4) is 5.75 Å². The first-order valence-electron chi connectivity index (χ1n) is 9.42. The summed E-state index contributed by atoms with van der Waals surface area (Å²) >= 11 is 0. The zero-order chi connectivity index (χ0) is 19.1. The van der Waals surface area contributed by atoms with Crippen LogP contribution in [0.25, 0.3) is 0 Å². The van der Waals surface area contributed by atoms with Crippen LogP contribution in [0.15, 0.2) is 42.5 Å². The minimum atomic E-state index is -0.364. The van der Waals surface area contributed by atoms with Gasteiger partial charge in [-0.2, -0.15) is 0 Å². The average Bonchev–Trinajstić information content (AvgIpc) is 2.69. The maximum atomic E-state index is 13.0. The van der Waals surface area contributed by atoms with E-state index in [2.05, 4.69) is 5.32 Å². The third-order valence-corrected chi connectivity index (χ3v) is 4.74. The topological polar surface area (TPSA) is 55.4 Å². The summed E-state index contributed by atoms with van der Waals surface area (Å²) < 4.78 is 18.4. The third-order valence-electron chi connectivity index (χ3n) is 4.74. The number of Topliss-reactive ketones (excluding diaryl/α,β-unsaturated/α-hetero) is 1. The summed E-state index contributed by atoms with van der Waals surface area (Å²) in [5.41, 5.74) is 3.30. The molecular weight excluding hydrogens is 345 g/mol. The maximum Gasteiger partial charge on any atom is 0.220 e. The van der Waals surface area contributed by atoms with Crippen LogP contribution in [0.3, 0.4) is 0 Å². The molecule has 0 heterocycles. The van der Waals surface area contributed by atoms with Gasteiger partial charge in [0.15, 0.2) is 5.78 Å². The Morgan fingerprint density at radius 2 is 1.81 bits per heavy atom. The van der Waals surface area contributed by atoms with Crippen molar-refractivity contribution in [3.63, 3.8) is 0 Å². The summed E-state index contributed by atoms with van der Waals surface area (Å²) in [7, 11) is 0. The van der Waals surface area contributed by atoms with E-state index < -0.39 is 0 Å². The van der Waals surface area contributed by atoms with Crippen LogP contribution in [0, 0.1) is 5.82 Å². The number of ether oxygens (including phenoxy) is 1. The molecule has 3 rings (SSSR count). The highest BCUT2D eigenvalue weighted by atomic mass is 19.1. The molecule has 0 radical (unpaired) electrons. The van der Waals surface area contributed by atoms with Crippen LogP contribution in [0.4, 0.5) is 4.39 Å². The second-order valence-electron chi connectivity index (χ2n) is 6.77. The Hall–Kier alpha value is -2.69. The molecule has 0 unspecified atom stereocenters. The molecule has 1 N–H and O–H groups in total. The molecule has 0 aromatic heterocycles. The molecular formula is C22H24FNO3. The fraction of sp³-hybridized carbons (Fsp3) is 0.364. The predicted octanol–water partition coefficient (Wildman–Crippen LogP) is 3.86. The van der Waals surface area contributed by atoms with E-state index in [-0.39, 0.29) is 37.0 Å². The molecule has 5 heteroatoms. The van der Waals surface area contributed by atoms with Gasteiger partial charge in [-0.3, -0.25) is 9.59 Å². The predicted molar refractivity (Wildman–Crippen MR) is 102 cm³/mol. The Kier molecular flexibility index (Phi) is 6.58. The zero-order valence-corrected chi connectivity index (χ0v) is 15.3. The minimum Gasteiger partial charge on any atom is -0.492 e. The molecule has 2 aromatic rings. The fourth-order valence-corrected chi connectivity index (χ4v) is 3.28. The van der Waals surface area contributed by atoms with Gasteiger partial charge >= 0.3 is 0 Å². The summed E-state index contributed by atoms with van der Waals surface area (Å²) in [5, 5.41) is 2.71. The third kappa shape index (κ3) is 5.64. The number of carbonyl (C=O) groups excluding carboxylic acids is 2. The van der Waals surface area contributed by atoms with E-state index in [4.69, 9.17) is 4.74 Å². The van der Waals surface area contributed by atoms with Crippen LogP contribution in [0.2, 0.25) is 0 Å². The number of benzene rings is 2. The zero-order valence-electron chi connectivity index (χ0n) is 15.3. The van der Waals surface area contributed by atoms with E-state index in [1.165, 1.54) is 36.1 Å². The number of rotatable bonds is 8. The van der Waals surface area contributed by atoms with Gasteiger partial charge in [-0.1, -0.05) is 18.2 Å². The van der Waals surface area contributed by atoms with Gasteiger partial charge in [0, 0.05) is 24.5 Å². The number of carbonyl (C=O) groups is 2. The molecule has 27 heavy (non-hydrogen) atoms. The number of ketones is 1. The number of aryl methyl sites for hydroxylation is 2. The molecule has 0 aliphatic heterocycles. The molecule has 1 amide bonds. The second-order valence-corrected chi connectivity index (χ2v) is 6.77. The van der Waals surface area contributed by atoms with Crippen LogP contribution >= 0.6 is 0 Å². The molecule has 2 aromatic carbocycles. The molecule has 0 saturated heterocycles. The summed E-state index contributed by atoms with van der Waals surface area (Å²) in [6.45, 7) is 0.552. The molecule has 0 atom stereocenters. The normalized spacial score (nSPS) is 12.9. The van der Waals surface area contributed by atoms with Crippen molar-refractivity contribution in [1.82, 2.24) is 5.32 Å². The van der Waals surface area contributed by atoms with E-state index in [0.717, 1.165) is 12.8 Å². The second kappa shape index (κ2) is 9.31. The molecule has 0 bridgehead atoms. The highest BCUT2D eigenvalue weighted by Crippen LogP contribution is 2.23. The lowest BCUT2D eigenvalue weighted by Crippen LogP contribution is -2.28. The lowest BCUT2D eigenvalue weighted by atomic mass is 9.89. The summed E-state index contributed by atoms with van der Waals surface area (Å²) in [6, 6.07) is 11.8. The van der Waals surface area contributed by atoms with Crippen molar-refractivity contribution in [2.45, 2.75) is 38.5 Å². The molecule has 1 aliphatic rings. The van der Waals surface area contributed by atoms with Crippen molar-refractivity contribution >= 4 is 11.7 Å². The first-order chi connectivity index (χ1) is 13.1. The van der Waals surface area contributed by atoms with Gasteiger partial charge in [0.05, 0.1) is 6.54 Å². The SMILES string of the molecule is O=C(CCC(=O)c1ccc2c(c1)CCCC2)NCCOc1cccc(F)c1. The van der Waals surface area contributed by atoms with Crippen LogP contribution in [-0.4, -0.2) is 24.8 Å². The van der Waals surface area contributed by atoms with Gasteiger partial charge < -0.3 is 10.1 Å². The van der Waals surface area contributed by atoms with Crippen LogP contribution < -0.4 is 10.1 Å². The quantitative estimate of drug-likeness (QED) is 0.568. The average molecular weight is 369 g/mol. The van der Waals surface area contributed by atoms with Crippen LogP contribution in [0.1, 0.15) is 47.2 Å². The Morgan fingerprint density at radius 1 is 1.00 bits per heavy atom. The first-order valence-corrected chi connectivity index (χ1v) is 9.42. The van der Waals surface area contributed by atoms with E-state index in [1.54, 1.807) is 12.1 Å². The smallest absolute Gasteiger partial charge is 0.220 e. The Balaban J connectivity index is 1.38. The monoisotopic (exact) mass is 369 g/mol. The lowest BCUT2D eigenvalue weighted by molar-refractivity contribution is -0.121. The molecule has 142 valence electrons. The molecule has 0 fully saturated rings. The van der Waals surface area contributed by atoms with E-state index in [1.807, 2.05) is 18.2 Å². The largest absolute Gasteiger partial charge is 0.492 e. The first kappa shape index (κ1) is 19.1. The van der Waals surface area contributed by atoms with Gasteiger partial charge in [-0.25, -0.2) is 4.39 Å². The molecule has 0 spiro atoms. The van der Waals surface area contributed by atoms with Crippen molar-refractivity contribution in [2.24, 2.45) is 0 Å². The van der Waals surface area contributed by atoms with Crippen molar-refractivity contribution in [1.29, 1.82) is 0 Å². The molecule has 0 saturated carbocycles. The van der Waals surface area contributed by atoms with Crippen molar-refractivity contribution in [2.75, 3.05) is 13.2 Å². The van der Waals surface area contributed by atoms with E-state index in [9.17, 15) is 14.0 Å². The van der Waals surface area contributed by atoms with Gasteiger partial charge in [-0.05, 0) is 55.0 Å². The lowest BCUT2D eigenvalue weighted by Gasteiger charge is -2.16. The fourth-order valence-electron chi connectivity index (χ4n) is 3.28. The summed E-state index contributed by atoms with van der Waals surface area (Å²) in [5.74, 6) is -0.136. The highest BCUT2D eigenvalue weighted by Gasteiger charge is 2.14. The highest BCUT2D eigenvalue weighted by molar-refractivity contribution is 5.98. The van der Waals surface area contributed by atoms with Crippen LogP contribution in [-0.2, 0) is 17.6 Å². The van der Waals surface area contributed by atoms with Gasteiger partial charge in [0.2, 0.25) is 5.91 Å². The minimum absolute atomic E-state index is 0.00506. The maximum absolute atomic E-state index is 13.0. The number of hydrogen-bond acceptors (Lipinski definition) is 3. The summed E-state index contributed by atoms with van der Waals surface area (Å²) in [4.78, 5) is 24.2. The van der Waals surface area contributed by atoms with E-state index in [0.29, 0.717) is 17.9 Å². The van der Waals surface area contributed by atoms with E-state index >= 15 is 0 Å². The van der Waals surface area contributed by atoms with Gasteiger partial charge in [0.1, 0.15) is 18.2 Å². The number of halogens is 1. The molecule has 4 nitrogen and oxygen atoms in total. The Morgan fingerprint density at radius 3 is 2.63 bits per heavy atom. The van der Waals surface area contributed by atoms with Crippen LogP contribution in [0.5, 0.6) is 5.75 Å². The Labute approximate surface area is 158 Å². The van der Waals surface area contributed by atoms with Gasteiger partial charge in [-0.15, -0.1) is 0 Å². The number of fused-ring (bicyclic) bond motifs is 1. The standard InChI is InChI=1S/C22H24FNO3/c23-19-6-3-7-20(15-19)27-13-12-24-22(26)11-10-21(25)18-9-8-16-4-1-2-5-17(16)14-18/h3,6-9,14-15H,1-2,4-5,10-13H2,(H,24,26). The molecule has 1 aliphatic carbocycles. The number of nitrogens with one attached hydrogen (secondary N) is 1. The number of hydrogen-bond donors (Lipinski definition) is 1.